The first-order chi connectivity index (χ1) is 36.4. The molecule has 2 unspecified atom stereocenters. The number of nitrogens with zero attached hydrogens (tertiary/aromatic N) is 3. The number of ketones is 1. The topological polar surface area (TPSA) is 239 Å². The summed E-state index contributed by atoms with van der Waals surface area (Å²) in [5.74, 6) is -5.34. The number of H-pyrrole nitrogens is 2. The van der Waals surface area contributed by atoms with Gasteiger partial charge in [0, 0.05) is 68.1 Å². The smallest absolute Gasteiger partial charge is 0.410 e. The molecule has 1 saturated carbocycles. The Morgan fingerprint density at radius 3 is 1.56 bits per heavy atom. The molecule has 0 bridgehead atoms. The molecule has 21 heteroatoms. The Balaban J connectivity index is 1.38. The predicted octanol–water partition coefficient (Wildman–Crippen LogP) is 8.04. The molecular weight excluding hydrogens is 1010 g/mol. The van der Waals surface area contributed by atoms with E-state index in [1.807, 2.05) is 0 Å². The Kier molecular flexibility index (Phi) is 18.8. The van der Waals surface area contributed by atoms with Gasteiger partial charge in [-0.3, -0.25) is 38.6 Å². The minimum Gasteiger partial charge on any atom is -0.463 e. The number of amides is 5. The van der Waals surface area contributed by atoms with Crippen LogP contribution in [0.3, 0.4) is 0 Å². The number of ether oxygens (including phenoxy) is 4. The molecule has 5 amide bonds. The molecule has 2 aromatic heterocycles. The lowest BCUT2D eigenvalue weighted by Gasteiger charge is -2.31. The summed E-state index contributed by atoms with van der Waals surface area (Å²) in [4.78, 5) is 118. The van der Waals surface area contributed by atoms with Crippen LogP contribution in [0.25, 0.3) is 33.2 Å². The van der Waals surface area contributed by atoms with Crippen LogP contribution in [0.1, 0.15) is 126 Å². The van der Waals surface area contributed by atoms with Crippen LogP contribution in [0.2, 0.25) is 0 Å². The standard InChI is InChI=1S/C57H77F2N7O12/c1-15-44(62-51(70)29(3)64(13)54(73)77-56(7,8)9)50(69)41-27-37(75-31(5)67)21-33(41)22-42-39-19-17-34(58)23-46(39)60-48(42)49-43(40-20-18-35(59)24-47(40)61-49)26-36-25-38(76-32(6)68)28-66(36)53(72)45(16-2)63-52(71)30(4)65(14)55(74)78-57(10,11)12/h17-20,23-24,29-30,33,36-38,41,44-45,60-61H,15-16,21-22,25-28H2,1-14H3,(H,62,70)(H,63,71)/t29-,30-,33?,36-,37-,38-,41?,44-,45-/m0/s1. The molecule has 0 spiro atoms. The van der Waals surface area contributed by atoms with Gasteiger partial charge >= 0.3 is 24.1 Å². The number of carbonyl (C=O) groups excluding carboxylic acids is 8. The number of aromatic amines is 2. The van der Waals surface area contributed by atoms with Gasteiger partial charge in [-0.1, -0.05) is 13.8 Å². The summed E-state index contributed by atoms with van der Waals surface area (Å²) in [5.41, 5.74) is 1.43. The van der Waals surface area contributed by atoms with Gasteiger partial charge in [0.05, 0.1) is 24.0 Å². The molecule has 0 radical (unpaired) electrons. The van der Waals surface area contributed by atoms with E-state index in [4.69, 9.17) is 18.9 Å². The Morgan fingerprint density at radius 2 is 1.12 bits per heavy atom. The summed E-state index contributed by atoms with van der Waals surface area (Å²) in [6.07, 6.45) is -1.55. The van der Waals surface area contributed by atoms with Gasteiger partial charge in [0.25, 0.3) is 0 Å². The number of carbonyl (C=O) groups is 8. The fraction of sp³-hybridized carbons (Fsp3) is 0.579. The van der Waals surface area contributed by atoms with Gasteiger partial charge in [-0.25, -0.2) is 18.4 Å². The predicted molar refractivity (Wildman–Crippen MR) is 287 cm³/mol. The lowest BCUT2D eigenvalue weighted by Crippen LogP contribution is -2.55. The second-order valence-corrected chi connectivity index (χ2v) is 22.8. The number of Topliss-reactive ketones (excluding diaryl/α,β-unsaturated/α-hetero) is 1. The van der Waals surface area contributed by atoms with Crippen molar-refractivity contribution in [3.63, 3.8) is 0 Å². The van der Waals surface area contributed by atoms with Gasteiger partial charge in [-0.15, -0.1) is 0 Å². The number of benzene rings is 2. The molecule has 9 atom stereocenters. The summed E-state index contributed by atoms with van der Waals surface area (Å²) in [6.45, 7) is 19.3. The van der Waals surface area contributed by atoms with Crippen LogP contribution in [0.5, 0.6) is 0 Å². The van der Waals surface area contributed by atoms with E-state index in [0.29, 0.717) is 44.3 Å². The maximum atomic E-state index is 15.2. The molecule has 2 aromatic carbocycles. The van der Waals surface area contributed by atoms with Crippen LogP contribution in [-0.2, 0) is 60.6 Å². The highest BCUT2D eigenvalue weighted by Gasteiger charge is 2.45. The summed E-state index contributed by atoms with van der Waals surface area (Å²) in [7, 11) is 2.86. The molecule has 19 nitrogen and oxygen atoms in total. The molecule has 6 rings (SSSR count). The number of halogens is 2. The average molecular weight is 1090 g/mol. The van der Waals surface area contributed by atoms with Crippen LogP contribution < -0.4 is 10.6 Å². The number of hydrogen-bond acceptors (Lipinski definition) is 12. The largest absolute Gasteiger partial charge is 0.463 e. The number of nitrogens with one attached hydrogen (secondary N) is 4. The number of likely N-dealkylation sites (tertiary alicyclic amines) is 1. The number of likely N-dealkylation sites (N-methyl/N-ethyl adjacent to an activating group) is 2. The van der Waals surface area contributed by atoms with E-state index in [0.717, 1.165) is 9.80 Å². The zero-order valence-electron chi connectivity index (χ0n) is 47.3. The van der Waals surface area contributed by atoms with Gasteiger partial charge in [0.15, 0.2) is 5.78 Å². The number of aromatic nitrogens is 2. The third-order valence-electron chi connectivity index (χ3n) is 14.6. The lowest BCUT2D eigenvalue weighted by molar-refractivity contribution is -0.147. The van der Waals surface area contributed by atoms with E-state index in [1.54, 1.807) is 72.4 Å². The normalized spacial score (nSPS) is 20.1. The van der Waals surface area contributed by atoms with Crippen LogP contribution in [0.15, 0.2) is 36.4 Å². The van der Waals surface area contributed by atoms with Gasteiger partial charge in [0.2, 0.25) is 17.7 Å². The number of hydrogen-bond donors (Lipinski definition) is 4. The minimum absolute atomic E-state index is 0.00872. The molecule has 2 fully saturated rings. The van der Waals surface area contributed by atoms with E-state index < -0.39 is 119 Å². The molecule has 78 heavy (non-hydrogen) atoms. The van der Waals surface area contributed by atoms with Gasteiger partial charge in [-0.2, -0.15) is 0 Å². The first-order valence-corrected chi connectivity index (χ1v) is 26.7. The third-order valence-corrected chi connectivity index (χ3v) is 14.6. The molecule has 1 aliphatic carbocycles. The van der Waals surface area contributed by atoms with Gasteiger partial charge in [-0.05, 0) is 147 Å². The zero-order valence-corrected chi connectivity index (χ0v) is 47.3. The average Bonchev–Trinajstić information content (AvgIpc) is 4.21. The van der Waals surface area contributed by atoms with E-state index in [9.17, 15) is 38.4 Å². The molecule has 1 saturated heterocycles. The van der Waals surface area contributed by atoms with Crippen LogP contribution >= 0.6 is 0 Å². The zero-order chi connectivity index (χ0) is 57.9. The fourth-order valence-electron chi connectivity index (χ4n) is 10.5. The Morgan fingerprint density at radius 1 is 0.667 bits per heavy atom. The van der Waals surface area contributed by atoms with Crippen LogP contribution in [0.4, 0.5) is 18.4 Å². The Bertz CT molecular complexity index is 2730. The Hall–Kier alpha value is -7.06. The molecule has 1 aliphatic heterocycles. The van der Waals surface area contributed by atoms with E-state index in [-0.39, 0.29) is 57.3 Å². The second-order valence-electron chi connectivity index (χ2n) is 22.8. The van der Waals surface area contributed by atoms with Crippen molar-refractivity contribution in [3.05, 3.63) is 59.2 Å². The Labute approximate surface area is 454 Å². The lowest BCUT2D eigenvalue weighted by atomic mass is 9.82. The first-order valence-electron chi connectivity index (χ1n) is 26.7. The maximum Gasteiger partial charge on any atom is 0.410 e. The van der Waals surface area contributed by atoms with Crippen molar-refractivity contribution >= 4 is 69.4 Å². The van der Waals surface area contributed by atoms with Crippen molar-refractivity contribution in [1.29, 1.82) is 0 Å². The molecule has 4 N–H and O–H groups in total. The van der Waals surface area contributed by atoms with Crippen molar-refractivity contribution in [1.82, 2.24) is 35.3 Å². The second kappa shape index (κ2) is 24.3. The molecule has 4 aromatic rings. The van der Waals surface area contributed by atoms with Gasteiger partial charge in [0.1, 0.15) is 53.2 Å². The van der Waals surface area contributed by atoms with Crippen molar-refractivity contribution < 1.29 is 66.1 Å². The maximum absolute atomic E-state index is 15.2. The number of esters is 2. The molecule has 2 aliphatic rings. The first kappa shape index (κ1) is 60.2. The minimum atomic E-state index is -1.06. The van der Waals surface area contributed by atoms with E-state index in [1.165, 1.54) is 66.1 Å². The molecular formula is C57H77F2N7O12. The van der Waals surface area contributed by atoms with E-state index in [2.05, 4.69) is 20.6 Å². The highest BCUT2D eigenvalue weighted by Crippen LogP contribution is 2.44. The monoisotopic (exact) mass is 1090 g/mol. The summed E-state index contributed by atoms with van der Waals surface area (Å²) < 4.78 is 52.8. The van der Waals surface area contributed by atoms with Crippen LogP contribution in [0, 0.1) is 23.5 Å². The quantitative estimate of drug-likeness (QED) is 0.0547. The highest BCUT2D eigenvalue weighted by atomic mass is 19.1. The van der Waals surface area contributed by atoms with Crippen molar-refractivity contribution in [2.24, 2.45) is 11.8 Å². The summed E-state index contributed by atoms with van der Waals surface area (Å²) >= 11 is 0. The highest BCUT2D eigenvalue weighted by molar-refractivity contribution is 5.97. The number of fused-ring (bicyclic) bond motifs is 2. The van der Waals surface area contributed by atoms with Gasteiger partial charge < -0.3 is 44.4 Å². The van der Waals surface area contributed by atoms with Crippen molar-refractivity contribution in [2.75, 3.05) is 20.6 Å². The van der Waals surface area contributed by atoms with Crippen LogP contribution in [-0.4, -0.2) is 147 Å². The van der Waals surface area contributed by atoms with E-state index >= 15 is 8.78 Å². The fourth-order valence-corrected chi connectivity index (χ4v) is 10.5. The molecule has 426 valence electrons. The SMILES string of the molecule is CC[C@H](NC(=O)[C@H](C)N(C)C(=O)OC(C)(C)C)C(=O)C1C[C@@H](OC(C)=O)CC1Cc1c(-c2[nH]c3cc(F)ccc3c2C[C@@H]2C[C@H](OC(C)=O)CN2C(=O)[C@H](CC)NC(=O)[C@H](C)N(C)C(=O)OC(C)(C)C)[nH]c2cc(F)ccc12. The van der Waals surface area contributed by atoms with Crippen molar-refractivity contribution in [2.45, 2.75) is 182 Å². The third kappa shape index (κ3) is 14.3. The summed E-state index contributed by atoms with van der Waals surface area (Å²) in [5, 5.41) is 6.88. The summed E-state index contributed by atoms with van der Waals surface area (Å²) in [6, 6.07) is 3.82. The van der Waals surface area contributed by atoms with Crippen molar-refractivity contribution in [3.8, 4) is 11.4 Å². The number of rotatable bonds is 18. The molecule has 3 heterocycles.